The highest BCUT2D eigenvalue weighted by Crippen LogP contribution is 2.21. The van der Waals surface area contributed by atoms with Gasteiger partial charge in [-0.1, -0.05) is 37.7 Å². The quantitative estimate of drug-likeness (QED) is 0.427. The van der Waals surface area contributed by atoms with Crippen LogP contribution < -0.4 is 10.5 Å². The Morgan fingerprint density at radius 1 is 1.17 bits per heavy atom. The van der Waals surface area contributed by atoms with Gasteiger partial charge in [-0.15, -0.1) is 0 Å². The molecular formula is C22H24FN3O2S. The van der Waals surface area contributed by atoms with Crippen LogP contribution in [0.4, 0.5) is 10.1 Å². The second-order valence-electron chi connectivity index (χ2n) is 7.12. The second-order valence-corrected chi connectivity index (χ2v) is 8.07. The molecule has 5 nitrogen and oxygen atoms in total. The van der Waals surface area contributed by atoms with Crippen LogP contribution in [0.3, 0.4) is 0 Å². The molecule has 0 saturated heterocycles. The van der Waals surface area contributed by atoms with Crippen LogP contribution in [0.5, 0.6) is 0 Å². The van der Waals surface area contributed by atoms with Gasteiger partial charge in [-0.05, 0) is 49.2 Å². The van der Waals surface area contributed by atoms with E-state index in [9.17, 15) is 14.0 Å². The SMILES string of the molecule is CCN(C(=O)CSc1nc2ccccc2c(=O)n1CC(C)C)c1ccc(F)cc1. The van der Waals surface area contributed by atoms with Crippen molar-refractivity contribution in [3.63, 3.8) is 0 Å². The van der Waals surface area contributed by atoms with E-state index in [-0.39, 0.29) is 29.0 Å². The number of carbonyl (C=O) groups excluding carboxylic acids is 1. The number of anilines is 1. The van der Waals surface area contributed by atoms with Gasteiger partial charge in [0, 0.05) is 18.8 Å². The maximum atomic E-state index is 13.2. The van der Waals surface area contributed by atoms with Crippen molar-refractivity contribution >= 4 is 34.3 Å². The van der Waals surface area contributed by atoms with E-state index in [2.05, 4.69) is 4.98 Å². The van der Waals surface area contributed by atoms with Gasteiger partial charge in [-0.2, -0.15) is 0 Å². The molecule has 1 heterocycles. The first-order valence-electron chi connectivity index (χ1n) is 9.59. The number of carbonyl (C=O) groups is 1. The first-order chi connectivity index (χ1) is 13.9. The summed E-state index contributed by atoms with van der Waals surface area (Å²) in [7, 11) is 0. The summed E-state index contributed by atoms with van der Waals surface area (Å²) in [6.45, 7) is 6.94. The highest BCUT2D eigenvalue weighted by molar-refractivity contribution is 7.99. The average Bonchev–Trinajstić information content (AvgIpc) is 2.70. The number of aromatic nitrogens is 2. The van der Waals surface area contributed by atoms with Gasteiger partial charge in [0.05, 0.1) is 16.7 Å². The number of thioether (sulfide) groups is 1. The monoisotopic (exact) mass is 413 g/mol. The van der Waals surface area contributed by atoms with Crippen molar-refractivity contribution in [2.45, 2.75) is 32.5 Å². The average molecular weight is 414 g/mol. The van der Waals surface area contributed by atoms with E-state index in [0.29, 0.717) is 34.8 Å². The molecule has 152 valence electrons. The van der Waals surface area contributed by atoms with Crippen LogP contribution in [-0.2, 0) is 11.3 Å². The standard InChI is InChI=1S/C22H24FN3O2S/c1-4-25(17-11-9-16(23)10-12-17)20(27)14-29-22-24-19-8-6-5-7-18(19)21(28)26(22)13-15(2)3/h5-12,15H,4,13-14H2,1-3H3. The predicted molar refractivity (Wildman–Crippen MR) is 116 cm³/mol. The fraction of sp³-hybridized carbons (Fsp3) is 0.318. The van der Waals surface area contributed by atoms with Crippen molar-refractivity contribution in [2.24, 2.45) is 5.92 Å². The summed E-state index contributed by atoms with van der Waals surface area (Å²) in [5.74, 6) is -0.0713. The summed E-state index contributed by atoms with van der Waals surface area (Å²) in [5, 5.41) is 1.11. The summed E-state index contributed by atoms with van der Waals surface area (Å²) in [6, 6.07) is 13.1. The normalized spacial score (nSPS) is 11.2. The Morgan fingerprint density at radius 3 is 2.52 bits per heavy atom. The predicted octanol–water partition coefficient (Wildman–Crippen LogP) is 4.34. The largest absolute Gasteiger partial charge is 0.312 e. The van der Waals surface area contributed by atoms with Crippen LogP contribution in [0, 0.1) is 11.7 Å². The van der Waals surface area contributed by atoms with E-state index in [1.165, 1.54) is 23.9 Å². The van der Waals surface area contributed by atoms with Gasteiger partial charge in [-0.25, -0.2) is 9.37 Å². The van der Waals surface area contributed by atoms with Crippen molar-refractivity contribution in [3.8, 4) is 0 Å². The van der Waals surface area contributed by atoms with E-state index in [1.54, 1.807) is 33.7 Å². The van der Waals surface area contributed by atoms with Crippen LogP contribution in [-0.4, -0.2) is 27.8 Å². The number of nitrogens with zero attached hydrogens (tertiary/aromatic N) is 3. The zero-order chi connectivity index (χ0) is 21.0. The topological polar surface area (TPSA) is 55.2 Å². The molecule has 0 fully saturated rings. The molecule has 0 radical (unpaired) electrons. The highest BCUT2D eigenvalue weighted by atomic mass is 32.2. The summed E-state index contributed by atoms with van der Waals surface area (Å²) in [5.41, 5.74) is 1.18. The molecule has 3 aromatic rings. The van der Waals surface area contributed by atoms with Crippen LogP contribution >= 0.6 is 11.8 Å². The number of amides is 1. The molecule has 0 aliphatic carbocycles. The van der Waals surface area contributed by atoms with E-state index in [4.69, 9.17) is 0 Å². The molecule has 0 bridgehead atoms. The van der Waals surface area contributed by atoms with Crippen molar-refractivity contribution in [2.75, 3.05) is 17.2 Å². The number of hydrogen-bond acceptors (Lipinski definition) is 4. The molecular weight excluding hydrogens is 389 g/mol. The van der Waals surface area contributed by atoms with E-state index in [0.717, 1.165) is 0 Å². The maximum absolute atomic E-state index is 13.2. The molecule has 0 aliphatic rings. The number of halogens is 1. The molecule has 1 aromatic heterocycles. The Hall–Kier alpha value is -2.67. The Morgan fingerprint density at radius 2 is 1.86 bits per heavy atom. The molecule has 0 saturated carbocycles. The smallest absolute Gasteiger partial charge is 0.262 e. The van der Waals surface area contributed by atoms with Crippen LogP contribution in [0.15, 0.2) is 58.5 Å². The second kappa shape index (κ2) is 9.22. The fourth-order valence-corrected chi connectivity index (χ4v) is 4.00. The third-order valence-electron chi connectivity index (χ3n) is 4.45. The molecule has 0 N–H and O–H groups in total. The van der Waals surface area contributed by atoms with Gasteiger partial charge < -0.3 is 4.90 Å². The number of hydrogen-bond donors (Lipinski definition) is 0. The third kappa shape index (κ3) is 4.85. The molecule has 7 heteroatoms. The Kier molecular flexibility index (Phi) is 6.69. The maximum Gasteiger partial charge on any atom is 0.262 e. The molecule has 0 atom stereocenters. The minimum absolute atomic E-state index is 0.0925. The van der Waals surface area contributed by atoms with Crippen molar-refractivity contribution < 1.29 is 9.18 Å². The van der Waals surface area contributed by atoms with Crippen molar-refractivity contribution in [1.82, 2.24) is 9.55 Å². The first-order valence-corrected chi connectivity index (χ1v) is 10.6. The lowest BCUT2D eigenvalue weighted by atomic mass is 10.2. The molecule has 0 unspecified atom stereocenters. The minimum atomic E-state index is -0.343. The minimum Gasteiger partial charge on any atom is -0.312 e. The number of para-hydroxylation sites is 1. The lowest BCUT2D eigenvalue weighted by Gasteiger charge is -2.21. The van der Waals surface area contributed by atoms with Gasteiger partial charge in [0.15, 0.2) is 5.16 Å². The third-order valence-corrected chi connectivity index (χ3v) is 5.42. The Labute approximate surface area is 173 Å². The highest BCUT2D eigenvalue weighted by Gasteiger charge is 2.18. The van der Waals surface area contributed by atoms with Crippen molar-refractivity contribution in [3.05, 3.63) is 64.7 Å². The number of rotatable bonds is 7. The zero-order valence-electron chi connectivity index (χ0n) is 16.8. The molecule has 0 aliphatic heterocycles. The van der Waals surface area contributed by atoms with Gasteiger partial charge >= 0.3 is 0 Å². The molecule has 1 amide bonds. The van der Waals surface area contributed by atoms with Gasteiger partial charge in [0.1, 0.15) is 5.82 Å². The first kappa shape index (κ1) is 21.0. The van der Waals surface area contributed by atoms with E-state index >= 15 is 0 Å². The Balaban J connectivity index is 1.87. The van der Waals surface area contributed by atoms with Crippen LogP contribution in [0.25, 0.3) is 10.9 Å². The summed E-state index contributed by atoms with van der Waals surface area (Å²) < 4.78 is 14.8. The van der Waals surface area contributed by atoms with Gasteiger partial charge in [0.25, 0.3) is 5.56 Å². The number of benzene rings is 2. The lowest BCUT2D eigenvalue weighted by Crippen LogP contribution is -2.32. The lowest BCUT2D eigenvalue weighted by molar-refractivity contribution is -0.116. The summed E-state index contributed by atoms with van der Waals surface area (Å²) >= 11 is 1.25. The molecule has 2 aromatic carbocycles. The fourth-order valence-electron chi connectivity index (χ4n) is 3.11. The van der Waals surface area contributed by atoms with E-state index < -0.39 is 0 Å². The number of fused-ring (bicyclic) bond motifs is 1. The van der Waals surface area contributed by atoms with Gasteiger partial charge in [0.2, 0.25) is 5.91 Å². The van der Waals surface area contributed by atoms with E-state index in [1.807, 2.05) is 32.9 Å². The molecule has 3 rings (SSSR count). The van der Waals surface area contributed by atoms with Crippen LogP contribution in [0.2, 0.25) is 0 Å². The Bertz CT molecular complexity index is 1060. The summed E-state index contributed by atoms with van der Waals surface area (Å²) in [4.78, 5) is 32.0. The summed E-state index contributed by atoms with van der Waals surface area (Å²) in [6.07, 6.45) is 0. The van der Waals surface area contributed by atoms with Gasteiger partial charge in [-0.3, -0.25) is 14.2 Å². The zero-order valence-corrected chi connectivity index (χ0v) is 17.6. The van der Waals surface area contributed by atoms with Crippen LogP contribution in [0.1, 0.15) is 20.8 Å². The molecule has 0 spiro atoms. The molecule has 29 heavy (non-hydrogen) atoms. The van der Waals surface area contributed by atoms with Crippen molar-refractivity contribution in [1.29, 1.82) is 0 Å².